The van der Waals surface area contributed by atoms with Gasteiger partial charge >= 0.3 is 0 Å². The second kappa shape index (κ2) is 4.73. The van der Waals surface area contributed by atoms with Crippen LogP contribution in [0.5, 0.6) is 0 Å². The lowest BCUT2D eigenvalue weighted by atomic mass is 9.99. The lowest BCUT2D eigenvalue weighted by molar-refractivity contribution is 0.0682. The number of aryl methyl sites for hydroxylation is 1. The van der Waals surface area contributed by atoms with Crippen LogP contribution in [-0.4, -0.2) is 28.9 Å². The minimum atomic E-state index is -0.210. The molecule has 0 bridgehead atoms. The van der Waals surface area contributed by atoms with Gasteiger partial charge in [-0.05, 0) is 31.7 Å². The largest absolute Gasteiger partial charge is 0.338 e. The number of carbonyl (C=O) groups excluding carboxylic acids is 1. The van der Waals surface area contributed by atoms with Crippen molar-refractivity contribution in [2.24, 2.45) is 5.92 Å². The van der Waals surface area contributed by atoms with Gasteiger partial charge < -0.3 is 9.88 Å². The molecule has 1 aromatic heterocycles. The predicted octanol–water partition coefficient (Wildman–Crippen LogP) is 1.56. The topological polar surface area (TPSA) is 53.2 Å². The van der Waals surface area contributed by atoms with Gasteiger partial charge in [-0.2, -0.15) is 0 Å². The summed E-state index contributed by atoms with van der Waals surface area (Å²) in [6.45, 7) is 5.54. The fourth-order valence-electron chi connectivity index (χ4n) is 2.36. The molecular weight excluding hydrogens is 216 g/mol. The number of nitrogens with zero attached hydrogens (tertiary/aromatic N) is 1. The molecule has 1 amide bonds. The third-order valence-corrected chi connectivity index (χ3v) is 3.17. The average molecular weight is 234 g/mol. The summed E-state index contributed by atoms with van der Waals surface area (Å²) in [7, 11) is 0. The van der Waals surface area contributed by atoms with E-state index in [9.17, 15) is 9.59 Å². The van der Waals surface area contributed by atoms with Crippen molar-refractivity contribution < 1.29 is 4.79 Å². The van der Waals surface area contributed by atoms with Crippen molar-refractivity contribution in [3.8, 4) is 0 Å². The second-order valence-electron chi connectivity index (χ2n) is 4.91. The number of carbonyl (C=O) groups is 1. The number of H-pyrrole nitrogens is 1. The number of pyridine rings is 1. The highest BCUT2D eigenvalue weighted by atomic mass is 16.2. The Balaban J connectivity index is 2.21. The number of piperidine rings is 1. The Hall–Kier alpha value is -1.58. The molecule has 92 valence electrons. The summed E-state index contributed by atoms with van der Waals surface area (Å²) in [4.78, 5) is 28.1. The number of likely N-dealkylation sites (tertiary alicyclic amines) is 1. The number of hydrogen-bond acceptors (Lipinski definition) is 2. The number of nitrogens with one attached hydrogen (secondary N) is 1. The number of rotatable bonds is 1. The number of aromatic amines is 1. The Bertz CT molecular complexity index is 479. The Morgan fingerprint density at radius 3 is 2.88 bits per heavy atom. The Labute approximate surface area is 101 Å². The summed E-state index contributed by atoms with van der Waals surface area (Å²) in [5.41, 5.74) is 1.02. The van der Waals surface area contributed by atoms with Gasteiger partial charge in [-0.15, -0.1) is 0 Å². The maximum absolute atomic E-state index is 12.2. The highest BCUT2D eigenvalue weighted by Gasteiger charge is 2.22. The van der Waals surface area contributed by atoms with Crippen molar-refractivity contribution in [1.82, 2.24) is 9.88 Å². The van der Waals surface area contributed by atoms with Crippen molar-refractivity contribution in [1.29, 1.82) is 0 Å². The number of hydrogen-bond donors (Lipinski definition) is 1. The first kappa shape index (κ1) is 11.9. The predicted molar refractivity (Wildman–Crippen MR) is 66.1 cm³/mol. The van der Waals surface area contributed by atoms with Crippen LogP contribution in [0.2, 0.25) is 0 Å². The quantitative estimate of drug-likeness (QED) is 0.801. The molecule has 1 unspecified atom stereocenters. The number of amides is 1. The van der Waals surface area contributed by atoms with E-state index in [1.807, 2.05) is 4.90 Å². The maximum atomic E-state index is 12.2. The molecule has 4 heteroatoms. The van der Waals surface area contributed by atoms with Gasteiger partial charge in [0.05, 0.1) is 0 Å². The van der Waals surface area contributed by atoms with Gasteiger partial charge in [-0.25, -0.2) is 0 Å². The second-order valence-corrected chi connectivity index (χ2v) is 4.91. The molecule has 0 radical (unpaired) electrons. The highest BCUT2D eigenvalue weighted by Crippen LogP contribution is 2.17. The lowest BCUT2D eigenvalue weighted by Crippen LogP contribution is -2.39. The zero-order valence-corrected chi connectivity index (χ0v) is 10.3. The maximum Gasteiger partial charge on any atom is 0.254 e. The van der Waals surface area contributed by atoms with Crippen molar-refractivity contribution in [3.05, 3.63) is 33.7 Å². The van der Waals surface area contributed by atoms with Crippen molar-refractivity contribution in [2.75, 3.05) is 13.1 Å². The van der Waals surface area contributed by atoms with Crippen LogP contribution < -0.4 is 5.56 Å². The standard InChI is InChI=1S/C13H18N2O2/c1-9-4-3-5-15(8-9)13(17)11-6-10(2)14-12(16)7-11/h6-7,9H,3-5,8H2,1-2H3,(H,14,16). The van der Waals surface area contributed by atoms with Gasteiger partial charge in [0.15, 0.2) is 0 Å². The van der Waals surface area contributed by atoms with E-state index >= 15 is 0 Å². The van der Waals surface area contributed by atoms with E-state index in [1.54, 1.807) is 13.0 Å². The van der Waals surface area contributed by atoms with E-state index in [0.717, 1.165) is 25.2 Å². The SMILES string of the molecule is Cc1cc(C(=O)N2CCCC(C)C2)cc(=O)[nH]1. The van der Waals surface area contributed by atoms with Crippen LogP contribution >= 0.6 is 0 Å². The van der Waals surface area contributed by atoms with Crippen LogP contribution in [-0.2, 0) is 0 Å². The molecule has 17 heavy (non-hydrogen) atoms. The van der Waals surface area contributed by atoms with Gasteiger partial charge in [0, 0.05) is 30.4 Å². The summed E-state index contributed by atoms with van der Waals surface area (Å²) < 4.78 is 0. The van der Waals surface area contributed by atoms with Crippen LogP contribution in [0.4, 0.5) is 0 Å². The van der Waals surface area contributed by atoms with Crippen LogP contribution in [0.3, 0.4) is 0 Å². The molecule has 1 atom stereocenters. The summed E-state index contributed by atoms with van der Waals surface area (Å²) in [5.74, 6) is 0.529. The van der Waals surface area contributed by atoms with Crippen LogP contribution in [0.15, 0.2) is 16.9 Å². The van der Waals surface area contributed by atoms with Gasteiger partial charge in [0.25, 0.3) is 5.91 Å². The first-order valence-electron chi connectivity index (χ1n) is 6.06. The summed E-state index contributed by atoms with van der Waals surface area (Å²) in [6.07, 6.45) is 2.23. The molecule has 0 spiro atoms. The fourth-order valence-corrected chi connectivity index (χ4v) is 2.36. The zero-order valence-electron chi connectivity index (χ0n) is 10.3. The Kier molecular flexibility index (Phi) is 3.31. The molecule has 1 saturated heterocycles. The summed E-state index contributed by atoms with van der Waals surface area (Å²) in [5, 5.41) is 0. The van der Waals surface area contributed by atoms with Crippen molar-refractivity contribution in [3.63, 3.8) is 0 Å². The normalized spacial score (nSPS) is 20.4. The molecule has 1 aliphatic rings. The molecule has 1 aromatic rings. The van der Waals surface area contributed by atoms with Gasteiger partial charge in [-0.1, -0.05) is 6.92 Å². The van der Waals surface area contributed by atoms with Crippen LogP contribution in [0.1, 0.15) is 35.8 Å². The average Bonchev–Trinajstić information content (AvgIpc) is 2.26. The smallest absolute Gasteiger partial charge is 0.254 e. The van der Waals surface area contributed by atoms with Crippen molar-refractivity contribution in [2.45, 2.75) is 26.7 Å². The fraction of sp³-hybridized carbons (Fsp3) is 0.538. The van der Waals surface area contributed by atoms with Crippen LogP contribution in [0, 0.1) is 12.8 Å². The van der Waals surface area contributed by atoms with Crippen LogP contribution in [0.25, 0.3) is 0 Å². The van der Waals surface area contributed by atoms with Gasteiger partial charge in [-0.3, -0.25) is 9.59 Å². The first-order chi connectivity index (χ1) is 8.06. The molecule has 4 nitrogen and oxygen atoms in total. The lowest BCUT2D eigenvalue weighted by Gasteiger charge is -2.31. The molecule has 1 aliphatic heterocycles. The Morgan fingerprint density at radius 2 is 2.24 bits per heavy atom. The van der Waals surface area contributed by atoms with E-state index in [0.29, 0.717) is 11.5 Å². The molecule has 2 rings (SSSR count). The number of aromatic nitrogens is 1. The zero-order chi connectivity index (χ0) is 12.4. The van der Waals surface area contributed by atoms with E-state index in [1.165, 1.54) is 12.5 Å². The first-order valence-corrected chi connectivity index (χ1v) is 6.06. The third-order valence-electron chi connectivity index (χ3n) is 3.17. The van der Waals surface area contributed by atoms with Crippen molar-refractivity contribution >= 4 is 5.91 Å². The van der Waals surface area contributed by atoms with E-state index in [-0.39, 0.29) is 11.5 Å². The molecule has 1 fully saturated rings. The van der Waals surface area contributed by atoms with E-state index in [4.69, 9.17) is 0 Å². The monoisotopic (exact) mass is 234 g/mol. The molecule has 2 heterocycles. The van der Waals surface area contributed by atoms with E-state index < -0.39 is 0 Å². The van der Waals surface area contributed by atoms with Gasteiger partial charge in [0.2, 0.25) is 5.56 Å². The van der Waals surface area contributed by atoms with E-state index in [2.05, 4.69) is 11.9 Å². The molecule has 1 N–H and O–H groups in total. The molecule has 0 saturated carbocycles. The highest BCUT2D eigenvalue weighted by molar-refractivity contribution is 5.94. The van der Waals surface area contributed by atoms with Gasteiger partial charge in [0.1, 0.15) is 0 Å². The third kappa shape index (κ3) is 2.75. The Morgan fingerprint density at radius 1 is 1.47 bits per heavy atom. The minimum Gasteiger partial charge on any atom is -0.338 e. The molecule has 0 aromatic carbocycles. The minimum absolute atomic E-state index is 0.0225. The summed E-state index contributed by atoms with van der Waals surface area (Å²) in [6, 6.07) is 3.12. The summed E-state index contributed by atoms with van der Waals surface area (Å²) >= 11 is 0. The molecular formula is C13H18N2O2. The molecule has 0 aliphatic carbocycles.